The normalized spacial score (nSPS) is 13.9. The van der Waals surface area contributed by atoms with Gasteiger partial charge < -0.3 is 26.8 Å². The van der Waals surface area contributed by atoms with E-state index in [1.54, 1.807) is 36.4 Å². The molecule has 0 bridgehead atoms. The Morgan fingerprint density at radius 1 is 1.18 bits per heavy atom. The van der Waals surface area contributed by atoms with Crippen molar-refractivity contribution in [3.05, 3.63) is 82.7 Å². The maximum absolute atomic E-state index is 12.1. The lowest BCUT2D eigenvalue weighted by atomic mass is 10.0. The van der Waals surface area contributed by atoms with Crippen molar-refractivity contribution in [1.29, 1.82) is 5.26 Å². The van der Waals surface area contributed by atoms with E-state index < -0.39 is 0 Å². The summed E-state index contributed by atoms with van der Waals surface area (Å²) in [6.45, 7) is 7.23. The summed E-state index contributed by atoms with van der Waals surface area (Å²) in [4.78, 5) is 16.8. The van der Waals surface area contributed by atoms with Gasteiger partial charge in [0.15, 0.2) is 0 Å². The molecule has 34 heavy (non-hydrogen) atoms. The number of nitrogens with zero attached hydrogens (tertiary/aromatic N) is 2. The number of hydrogen-bond acceptors (Lipinski definition) is 6. The number of aromatic hydroxyl groups is 1. The highest BCUT2D eigenvalue weighted by Gasteiger charge is 2.16. The number of benzene rings is 2. The van der Waals surface area contributed by atoms with Crippen LogP contribution < -0.4 is 21.7 Å². The molecule has 3 rings (SSSR count). The van der Waals surface area contributed by atoms with E-state index in [0.29, 0.717) is 48.6 Å². The molecule has 0 atom stereocenters. The van der Waals surface area contributed by atoms with E-state index in [2.05, 4.69) is 20.9 Å². The maximum atomic E-state index is 12.1. The molecular weight excluding hydrogens is 428 g/mol. The quantitative estimate of drug-likeness (QED) is 0.398. The summed E-state index contributed by atoms with van der Waals surface area (Å²) in [6.07, 6.45) is 2.49. The fraction of sp³-hybridized carbons (Fsp3) is 0.269. The molecule has 2 aromatic rings. The highest BCUT2D eigenvalue weighted by molar-refractivity contribution is 6.11. The number of phenols is 1. The van der Waals surface area contributed by atoms with Crippen LogP contribution in [0.5, 0.6) is 5.75 Å². The summed E-state index contributed by atoms with van der Waals surface area (Å²) in [5.41, 5.74) is 10.9. The van der Waals surface area contributed by atoms with Crippen molar-refractivity contribution in [3.8, 4) is 11.8 Å². The average Bonchev–Trinajstić information content (AvgIpc) is 2.87. The molecule has 6 N–H and O–H groups in total. The number of nitrogens with one attached hydrogen (secondary N) is 3. The van der Waals surface area contributed by atoms with Crippen molar-refractivity contribution in [2.45, 2.75) is 27.2 Å². The van der Waals surface area contributed by atoms with Gasteiger partial charge in [0, 0.05) is 48.7 Å². The first kappa shape index (κ1) is 26.2. The highest BCUT2D eigenvalue weighted by atomic mass is 16.3. The summed E-state index contributed by atoms with van der Waals surface area (Å²) in [6, 6.07) is 15.5. The number of urea groups is 1. The molecule has 1 aliphatic rings. The van der Waals surface area contributed by atoms with Crippen molar-refractivity contribution in [1.82, 2.24) is 10.6 Å². The molecule has 0 fully saturated rings. The van der Waals surface area contributed by atoms with Crippen LogP contribution in [0.4, 0.5) is 10.5 Å². The maximum Gasteiger partial charge on any atom is 0.319 e. The van der Waals surface area contributed by atoms with E-state index in [4.69, 9.17) is 11.0 Å². The van der Waals surface area contributed by atoms with Gasteiger partial charge in [-0.1, -0.05) is 32.0 Å². The number of nitrogens with two attached hydrogens (primary N) is 1. The zero-order valence-corrected chi connectivity index (χ0v) is 19.9. The predicted octanol–water partition coefficient (Wildman–Crippen LogP) is 4.01. The number of hydrogen-bond donors (Lipinski definition) is 5. The number of allylic oxidation sites excluding steroid dienone is 1. The predicted molar refractivity (Wildman–Crippen MR) is 137 cm³/mol. The largest absolute Gasteiger partial charge is 0.507 e. The number of rotatable bonds is 7. The van der Waals surface area contributed by atoms with Crippen molar-refractivity contribution in [3.63, 3.8) is 0 Å². The van der Waals surface area contributed by atoms with Gasteiger partial charge in [-0.05, 0) is 48.9 Å². The van der Waals surface area contributed by atoms with E-state index in [0.717, 1.165) is 17.0 Å². The van der Waals surface area contributed by atoms with E-state index in [1.807, 2.05) is 45.0 Å². The minimum atomic E-state index is -0.351. The Balaban J connectivity index is 0.00000199. The van der Waals surface area contributed by atoms with Crippen LogP contribution in [0, 0.1) is 11.3 Å². The number of aliphatic imine (C=N–C) groups is 1. The van der Waals surface area contributed by atoms with Crippen LogP contribution in [0.1, 0.15) is 38.3 Å². The topological polar surface area (TPSA) is 136 Å². The molecule has 178 valence electrons. The van der Waals surface area contributed by atoms with Crippen LogP contribution in [-0.2, 0) is 0 Å². The van der Waals surface area contributed by atoms with Crippen LogP contribution in [0.2, 0.25) is 0 Å². The summed E-state index contributed by atoms with van der Waals surface area (Å²) in [5.74, 6) is 0.160. The second-order valence-corrected chi connectivity index (χ2v) is 7.29. The molecule has 0 radical (unpaired) electrons. The Morgan fingerprint density at radius 2 is 1.94 bits per heavy atom. The van der Waals surface area contributed by atoms with Gasteiger partial charge in [-0.3, -0.25) is 4.99 Å². The monoisotopic (exact) mass is 460 g/mol. The molecule has 1 aliphatic heterocycles. The number of amides is 2. The molecular formula is C26H32N6O2. The third-order valence-electron chi connectivity index (χ3n) is 4.92. The van der Waals surface area contributed by atoms with Crippen LogP contribution in [-0.4, -0.2) is 36.5 Å². The Morgan fingerprint density at radius 3 is 2.65 bits per heavy atom. The number of carbonyl (C=O) groups excluding carboxylic acids is 1. The van der Waals surface area contributed by atoms with Gasteiger partial charge in [-0.25, -0.2) is 4.79 Å². The molecule has 0 spiro atoms. The molecule has 2 amide bonds. The fourth-order valence-corrected chi connectivity index (χ4v) is 3.16. The van der Waals surface area contributed by atoms with E-state index >= 15 is 0 Å². The van der Waals surface area contributed by atoms with Gasteiger partial charge in [0.1, 0.15) is 5.75 Å². The van der Waals surface area contributed by atoms with Crippen molar-refractivity contribution < 1.29 is 9.90 Å². The summed E-state index contributed by atoms with van der Waals surface area (Å²) >= 11 is 0. The van der Waals surface area contributed by atoms with Gasteiger partial charge >= 0.3 is 6.03 Å². The SMILES string of the molecule is C/C(CN)=C1/CC(NCCNC(=O)Nc2cccc(C#N)c2)=CC(c2ccccc2O)=N1.CC. The van der Waals surface area contributed by atoms with Gasteiger partial charge in [-0.15, -0.1) is 0 Å². The van der Waals surface area contributed by atoms with Crippen LogP contribution in [0.15, 0.2) is 76.6 Å². The van der Waals surface area contributed by atoms with E-state index in [1.165, 1.54) is 0 Å². The third kappa shape index (κ3) is 7.50. The minimum Gasteiger partial charge on any atom is -0.507 e. The molecule has 1 heterocycles. The third-order valence-corrected chi connectivity index (χ3v) is 4.92. The molecule has 0 unspecified atom stereocenters. The number of phenolic OH excluding ortho intramolecular Hbond substituents is 1. The summed E-state index contributed by atoms with van der Waals surface area (Å²) in [7, 11) is 0. The lowest BCUT2D eigenvalue weighted by molar-refractivity contribution is 0.252. The lowest BCUT2D eigenvalue weighted by Crippen LogP contribution is -2.35. The molecule has 0 aromatic heterocycles. The van der Waals surface area contributed by atoms with Crippen LogP contribution >= 0.6 is 0 Å². The number of para-hydroxylation sites is 1. The first-order valence-electron chi connectivity index (χ1n) is 11.3. The highest BCUT2D eigenvalue weighted by Crippen LogP contribution is 2.25. The van der Waals surface area contributed by atoms with Crippen molar-refractivity contribution in [2.75, 3.05) is 25.0 Å². The molecule has 0 saturated carbocycles. The summed E-state index contributed by atoms with van der Waals surface area (Å²) < 4.78 is 0. The smallest absolute Gasteiger partial charge is 0.319 e. The van der Waals surface area contributed by atoms with Gasteiger partial charge in [0.05, 0.1) is 17.3 Å². The number of dihydropyridines is 1. The van der Waals surface area contributed by atoms with Crippen LogP contribution in [0.25, 0.3) is 0 Å². The number of carbonyl (C=O) groups is 1. The number of nitriles is 1. The molecule has 8 heteroatoms. The summed E-state index contributed by atoms with van der Waals surface area (Å²) in [5, 5.41) is 28.0. The molecule has 0 saturated heterocycles. The Kier molecular flexibility index (Phi) is 10.4. The van der Waals surface area contributed by atoms with Crippen molar-refractivity contribution in [2.24, 2.45) is 10.7 Å². The first-order chi connectivity index (χ1) is 16.5. The van der Waals surface area contributed by atoms with Crippen molar-refractivity contribution >= 4 is 17.4 Å². The Bertz CT molecular complexity index is 1130. The minimum absolute atomic E-state index is 0.160. The molecule has 2 aromatic carbocycles. The zero-order valence-electron chi connectivity index (χ0n) is 19.9. The zero-order chi connectivity index (χ0) is 24.9. The van der Waals surface area contributed by atoms with E-state index in [9.17, 15) is 9.90 Å². The fourth-order valence-electron chi connectivity index (χ4n) is 3.16. The molecule has 8 nitrogen and oxygen atoms in total. The Hall–Kier alpha value is -4.09. The van der Waals surface area contributed by atoms with Gasteiger partial charge in [-0.2, -0.15) is 5.26 Å². The van der Waals surface area contributed by atoms with Gasteiger partial charge in [0.25, 0.3) is 0 Å². The van der Waals surface area contributed by atoms with Crippen LogP contribution in [0.3, 0.4) is 0 Å². The lowest BCUT2D eigenvalue weighted by Gasteiger charge is -2.20. The first-order valence-corrected chi connectivity index (χ1v) is 11.3. The number of anilines is 1. The standard InChI is InChI=1S/C24H26N6O2.C2H6/c1-16(14-25)21-12-19(13-22(30-21)20-7-2-3-8-23(20)31)27-9-10-28-24(32)29-18-6-4-5-17(11-18)15-26;1-2/h2-8,11,13,27,31H,9-10,12,14,25H2,1H3,(H2,28,29,32);1-2H3/b21-16+;. The average molecular weight is 461 g/mol. The van der Waals surface area contributed by atoms with E-state index in [-0.39, 0.29) is 11.8 Å². The van der Waals surface area contributed by atoms with Gasteiger partial charge in [0.2, 0.25) is 0 Å². The molecule has 0 aliphatic carbocycles. The second-order valence-electron chi connectivity index (χ2n) is 7.29. The Labute approximate surface area is 200 Å². The second kappa shape index (κ2) is 13.5.